The summed E-state index contributed by atoms with van der Waals surface area (Å²) in [6, 6.07) is 5.88. The van der Waals surface area contributed by atoms with Gasteiger partial charge in [-0.3, -0.25) is 10.1 Å². The highest BCUT2D eigenvalue weighted by Gasteiger charge is 2.18. The zero-order valence-electron chi connectivity index (χ0n) is 12.2. The molecular formula is C17H17N3OS. The van der Waals surface area contributed by atoms with Crippen LogP contribution in [0.1, 0.15) is 32.1 Å². The summed E-state index contributed by atoms with van der Waals surface area (Å²) in [4.78, 5) is 17.8. The first-order valence-electron chi connectivity index (χ1n) is 7.11. The Morgan fingerprint density at radius 3 is 2.95 bits per heavy atom. The molecular weight excluding hydrogens is 294 g/mol. The average Bonchev–Trinajstić information content (AvgIpc) is 2.96. The number of amides is 1. The molecule has 1 aliphatic heterocycles. The molecule has 0 fully saturated rings. The number of nitrogens with zero attached hydrogens (tertiary/aromatic N) is 1. The molecule has 2 heterocycles. The number of anilines is 1. The standard InChI is InChI=1S/C17H17N3OS/c1-3-14-15(4-2)22-17(19-14)20-16(21)12-7-5-6-11-8-9-18-10-13(11)12/h3-7,18H,1-2,8-10H2,(H,19,20,21). The van der Waals surface area contributed by atoms with Gasteiger partial charge in [-0.2, -0.15) is 0 Å². The fraction of sp³-hybridized carbons (Fsp3) is 0.176. The largest absolute Gasteiger partial charge is 0.312 e. The van der Waals surface area contributed by atoms with Gasteiger partial charge < -0.3 is 5.32 Å². The molecule has 0 unspecified atom stereocenters. The van der Waals surface area contributed by atoms with Crippen molar-refractivity contribution in [3.8, 4) is 0 Å². The number of carbonyl (C=O) groups excluding carboxylic acids is 1. The lowest BCUT2D eigenvalue weighted by Crippen LogP contribution is -2.27. The van der Waals surface area contributed by atoms with Crippen molar-refractivity contribution in [2.45, 2.75) is 13.0 Å². The van der Waals surface area contributed by atoms with E-state index in [-0.39, 0.29) is 5.91 Å². The van der Waals surface area contributed by atoms with E-state index >= 15 is 0 Å². The lowest BCUT2D eigenvalue weighted by molar-refractivity contribution is 0.102. The maximum atomic E-state index is 12.6. The Bertz CT molecular complexity index is 723. The van der Waals surface area contributed by atoms with Crippen molar-refractivity contribution >= 4 is 34.5 Å². The van der Waals surface area contributed by atoms with E-state index in [0.717, 1.165) is 35.6 Å². The van der Waals surface area contributed by atoms with Crippen LogP contribution in [0.2, 0.25) is 0 Å². The lowest BCUT2D eigenvalue weighted by Gasteiger charge is -2.19. The molecule has 0 saturated carbocycles. The van der Waals surface area contributed by atoms with Crippen molar-refractivity contribution in [3.05, 3.63) is 58.6 Å². The summed E-state index contributed by atoms with van der Waals surface area (Å²) in [7, 11) is 0. The van der Waals surface area contributed by atoms with Gasteiger partial charge >= 0.3 is 0 Å². The van der Waals surface area contributed by atoms with Crippen molar-refractivity contribution in [3.63, 3.8) is 0 Å². The van der Waals surface area contributed by atoms with Gasteiger partial charge in [-0.05, 0) is 42.3 Å². The second-order valence-corrected chi connectivity index (χ2v) is 6.03. The van der Waals surface area contributed by atoms with E-state index in [0.29, 0.717) is 10.7 Å². The number of carbonyl (C=O) groups is 1. The van der Waals surface area contributed by atoms with Crippen LogP contribution in [0.4, 0.5) is 5.13 Å². The zero-order chi connectivity index (χ0) is 15.5. The summed E-state index contributed by atoms with van der Waals surface area (Å²) < 4.78 is 0. The first kappa shape index (κ1) is 14.7. The van der Waals surface area contributed by atoms with Gasteiger partial charge in [-0.25, -0.2) is 4.98 Å². The van der Waals surface area contributed by atoms with Crippen molar-refractivity contribution in [1.82, 2.24) is 10.3 Å². The molecule has 1 aromatic carbocycles. The van der Waals surface area contributed by atoms with E-state index in [1.165, 1.54) is 16.9 Å². The summed E-state index contributed by atoms with van der Waals surface area (Å²) in [5.74, 6) is -0.125. The molecule has 0 atom stereocenters. The van der Waals surface area contributed by atoms with E-state index in [1.807, 2.05) is 12.1 Å². The number of benzene rings is 1. The Kier molecular flexibility index (Phi) is 4.18. The molecule has 0 radical (unpaired) electrons. The normalized spacial score (nSPS) is 13.3. The average molecular weight is 311 g/mol. The SMILES string of the molecule is C=Cc1nc(NC(=O)c2cccc3c2CNCC3)sc1C=C. The minimum atomic E-state index is -0.125. The van der Waals surface area contributed by atoms with Gasteiger partial charge in [0, 0.05) is 12.1 Å². The molecule has 0 bridgehead atoms. The van der Waals surface area contributed by atoms with Gasteiger partial charge in [0.15, 0.2) is 5.13 Å². The Morgan fingerprint density at radius 1 is 1.36 bits per heavy atom. The van der Waals surface area contributed by atoms with E-state index in [4.69, 9.17) is 0 Å². The monoisotopic (exact) mass is 311 g/mol. The summed E-state index contributed by atoms with van der Waals surface area (Å²) in [6.45, 7) is 9.16. The van der Waals surface area contributed by atoms with Crippen LogP contribution in [-0.4, -0.2) is 17.4 Å². The predicted octanol–water partition coefficient (Wildman–Crippen LogP) is 3.33. The Labute approximate surface area is 133 Å². The second kappa shape index (κ2) is 6.25. The fourth-order valence-corrected chi connectivity index (χ4v) is 3.39. The minimum absolute atomic E-state index is 0.125. The quantitative estimate of drug-likeness (QED) is 0.910. The molecule has 22 heavy (non-hydrogen) atoms. The van der Waals surface area contributed by atoms with Crippen molar-refractivity contribution in [1.29, 1.82) is 0 Å². The highest BCUT2D eigenvalue weighted by molar-refractivity contribution is 7.16. The molecule has 0 saturated heterocycles. The number of hydrogen-bond donors (Lipinski definition) is 2. The number of fused-ring (bicyclic) bond motifs is 1. The van der Waals surface area contributed by atoms with Crippen LogP contribution in [0.5, 0.6) is 0 Å². The lowest BCUT2D eigenvalue weighted by atomic mass is 9.95. The topological polar surface area (TPSA) is 54.0 Å². The van der Waals surface area contributed by atoms with E-state index < -0.39 is 0 Å². The number of thiazole rings is 1. The zero-order valence-corrected chi connectivity index (χ0v) is 13.0. The summed E-state index contributed by atoms with van der Waals surface area (Å²) >= 11 is 1.40. The molecule has 2 N–H and O–H groups in total. The minimum Gasteiger partial charge on any atom is -0.312 e. The molecule has 112 valence electrons. The third-order valence-electron chi connectivity index (χ3n) is 3.67. The number of nitrogens with one attached hydrogen (secondary N) is 2. The van der Waals surface area contributed by atoms with Gasteiger partial charge in [-0.15, -0.1) is 0 Å². The Balaban J connectivity index is 1.87. The van der Waals surface area contributed by atoms with Crippen LogP contribution in [0.15, 0.2) is 31.4 Å². The first-order chi connectivity index (χ1) is 10.7. The first-order valence-corrected chi connectivity index (χ1v) is 7.93. The van der Waals surface area contributed by atoms with Crippen LogP contribution in [0.25, 0.3) is 12.2 Å². The van der Waals surface area contributed by atoms with Crippen LogP contribution in [-0.2, 0) is 13.0 Å². The second-order valence-electron chi connectivity index (χ2n) is 5.00. The van der Waals surface area contributed by atoms with Crippen molar-refractivity contribution < 1.29 is 4.79 Å². The molecule has 3 rings (SSSR count). The van der Waals surface area contributed by atoms with Gasteiger partial charge in [0.05, 0.1) is 10.6 Å². The molecule has 5 heteroatoms. The Hall–Kier alpha value is -2.24. The smallest absolute Gasteiger partial charge is 0.257 e. The third kappa shape index (κ3) is 2.73. The molecule has 1 aliphatic rings. The molecule has 4 nitrogen and oxygen atoms in total. The maximum absolute atomic E-state index is 12.6. The molecule has 1 amide bonds. The fourth-order valence-electron chi connectivity index (χ4n) is 2.58. The van der Waals surface area contributed by atoms with Gasteiger partial charge in [0.2, 0.25) is 0 Å². The van der Waals surface area contributed by atoms with Crippen molar-refractivity contribution in [2.75, 3.05) is 11.9 Å². The summed E-state index contributed by atoms with van der Waals surface area (Å²) in [5, 5.41) is 6.76. The highest BCUT2D eigenvalue weighted by Crippen LogP contribution is 2.26. The maximum Gasteiger partial charge on any atom is 0.257 e. The van der Waals surface area contributed by atoms with E-state index in [2.05, 4.69) is 34.8 Å². The van der Waals surface area contributed by atoms with Crippen molar-refractivity contribution in [2.24, 2.45) is 0 Å². The molecule has 0 spiro atoms. The van der Waals surface area contributed by atoms with Crippen LogP contribution in [0, 0.1) is 0 Å². The number of hydrogen-bond acceptors (Lipinski definition) is 4. The predicted molar refractivity (Wildman–Crippen MR) is 92.1 cm³/mol. The van der Waals surface area contributed by atoms with Gasteiger partial charge in [0.25, 0.3) is 5.91 Å². The number of aromatic nitrogens is 1. The molecule has 0 aliphatic carbocycles. The summed E-state index contributed by atoms with van der Waals surface area (Å²) in [6.07, 6.45) is 4.34. The van der Waals surface area contributed by atoms with Crippen LogP contribution >= 0.6 is 11.3 Å². The van der Waals surface area contributed by atoms with Gasteiger partial charge in [-0.1, -0.05) is 36.6 Å². The summed E-state index contributed by atoms with van der Waals surface area (Å²) in [5.41, 5.74) is 3.77. The van der Waals surface area contributed by atoms with Gasteiger partial charge in [0.1, 0.15) is 0 Å². The Morgan fingerprint density at radius 2 is 2.23 bits per heavy atom. The van der Waals surface area contributed by atoms with Crippen LogP contribution < -0.4 is 10.6 Å². The third-order valence-corrected chi connectivity index (χ3v) is 4.65. The van der Waals surface area contributed by atoms with Crippen LogP contribution in [0.3, 0.4) is 0 Å². The van der Waals surface area contributed by atoms with E-state index in [1.54, 1.807) is 12.2 Å². The number of rotatable bonds is 4. The molecule has 1 aromatic heterocycles. The van der Waals surface area contributed by atoms with E-state index in [9.17, 15) is 4.79 Å². The molecule has 2 aromatic rings. The highest BCUT2D eigenvalue weighted by atomic mass is 32.1.